The lowest BCUT2D eigenvalue weighted by atomic mass is 9.90. The summed E-state index contributed by atoms with van der Waals surface area (Å²) in [6, 6.07) is 31.1. The van der Waals surface area contributed by atoms with Crippen LogP contribution in [0.25, 0.3) is 27.6 Å². The molecule has 9 heteroatoms. The first-order valence-electron chi connectivity index (χ1n) is 17.0. The summed E-state index contributed by atoms with van der Waals surface area (Å²) in [6.45, 7) is 7.18. The van der Waals surface area contributed by atoms with Gasteiger partial charge >= 0.3 is 0 Å². The number of allylic oxidation sites excluding steroid dienone is 1. The number of aromatic nitrogens is 1. The minimum Gasteiger partial charge on any atom is -0.496 e. The van der Waals surface area contributed by atoms with Crippen LogP contribution in [0.1, 0.15) is 43.5 Å². The monoisotopic (exact) mass is 697 g/mol. The molecule has 0 N–H and O–H groups in total. The molecule has 0 saturated carbocycles. The van der Waals surface area contributed by atoms with Gasteiger partial charge in [0.15, 0.2) is 16.3 Å². The highest BCUT2D eigenvalue weighted by atomic mass is 32.1. The number of methoxy groups -OCH3 is 2. The summed E-state index contributed by atoms with van der Waals surface area (Å²) in [6.07, 6.45) is 1.84. The van der Waals surface area contributed by atoms with Crippen LogP contribution in [0.4, 0.5) is 0 Å². The summed E-state index contributed by atoms with van der Waals surface area (Å²) in [5.41, 5.74) is 3.39. The number of fused-ring (bicyclic) bond motifs is 3. The maximum absolute atomic E-state index is 14.5. The van der Waals surface area contributed by atoms with Crippen molar-refractivity contribution in [1.82, 2.24) is 9.47 Å². The molecule has 5 aromatic carbocycles. The second-order valence-electron chi connectivity index (χ2n) is 12.3. The van der Waals surface area contributed by atoms with Crippen LogP contribution in [0.5, 0.6) is 17.2 Å². The standard InChI is InChI=1S/C42H39N3O5S/c1-6-44(7-2)41(47)37-26(3)43-42-45(39(37)38-32-18-11-9-14-29(32)20-22-34(38)48-4)40(46)36(51-42)24-27-19-21-33(35(23-27)49-5)50-25-30-16-12-15-28-13-8-10-17-31(28)30/h8-24,39H,6-7,25H2,1-5H3/b36-24+/t39-/m1/s1. The van der Waals surface area contributed by atoms with E-state index < -0.39 is 6.04 Å². The number of likely N-dealkylation sites (N-methyl/N-ethyl adjacent to an activating group) is 1. The van der Waals surface area contributed by atoms with Crippen LogP contribution in [0.15, 0.2) is 118 Å². The summed E-state index contributed by atoms with van der Waals surface area (Å²) in [7, 11) is 3.22. The Kier molecular flexibility index (Phi) is 9.47. The van der Waals surface area contributed by atoms with E-state index in [-0.39, 0.29) is 11.5 Å². The molecule has 0 saturated heterocycles. The van der Waals surface area contributed by atoms with Crippen LogP contribution in [0.2, 0.25) is 0 Å². The molecule has 1 aliphatic rings. The molecular formula is C42H39N3O5S. The van der Waals surface area contributed by atoms with E-state index in [1.54, 1.807) is 23.7 Å². The molecule has 258 valence electrons. The van der Waals surface area contributed by atoms with E-state index >= 15 is 0 Å². The number of carbonyl (C=O) groups excluding carboxylic acids is 1. The van der Waals surface area contributed by atoms with Crippen LogP contribution in [0, 0.1) is 0 Å². The summed E-state index contributed by atoms with van der Waals surface area (Å²) in [4.78, 5) is 35.9. The van der Waals surface area contributed by atoms with Gasteiger partial charge in [-0.3, -0.25) is 14.2 Å². The van der Waals surface area contributed by atoms with E-state index in [4.69, 9.17) is 19.2 Å². The number of nitrogens with zero attached hydrogens (tertiary/aromatic N) is 3. The zero-order valence-electron chi connectivity index (χ0n) is 29.3. The summed E-state index contributed by atoms with van der Waals surface area (Å²) in [5, 5.41) is 4.18. The lowest BCUT2D eigenvalue weighted by molar-refractivity contribution is -0.127. The van der Waals surface area contributed by atoms with Crippen molar-refractivity contribution in [2.45, 2.75) is 33.4 Å². The maximum atomic E-state index is 14.5. The second-order valence-corrected chi connectivity index (χ2v) is 13.3. The van der Waals surface area contributed by atoms with Crippen LogP contribution in [0.3, 0.4) is 0 Å². The van der Waals surface area contributed by atoms with Gasteiger partial charge < -0.3 is 19.1 Å². The first-order valence-corrected chi connectivity index (χ1v) is 17.8. The van der Waals surface area contributed by atoms with E-state index in [2.05, 4.69) is 24.3 Å². The molecule has 6 aromatic rings. The molecule has 0 aliphatic carbocycles. The predicted octanol–water partition coefficient (Wildman–Crippen LogP) is 7.01. The molecule has 1 aliphatic heterocycles. The number of rotatable bonds is 10. The van der Waals surface area contributed by atoms with Crippen molar-refractivity contribution < 1.29 is 19.0 Å². The van der Waals surface area contributed by atoms with Gasteiger partial charge in [-0.25, -0.2) is 4.99 Å². The third-order valence-electron chi connectivity index (χ3n) is 9.48. The number of amides is 1. The lowest BCUT2D eigenvalue weighted by Gasteiger charge is -2.30. The van der Waals surface area contributed by atoms with Gasteiger partial charge in [0, 0.05) is 18.7 Å². The number of carbonyl (C=O) groups is 1. The largest absolute Gasteiger partial charge is 0.496 e. The first-order chi connectivity index (χ1) is 24.9. The average Bonchev–Trinajstić information content (AvgIpc) is 3.46. The van der Waals surface area contributed by atoms with Crippen molar-refractivity contribution in [3.05, 3.63) is 145 Å². The molecular weight excluding hydrogens is 659 g/mol. The van der Waals surface area contributed by atoms with Crippen molar-refractivity contribution in [2.24, 2.45) is 4.99 Å². The van der Waals surface area contributed by atoms with Crippen molar-refractivity contribution >= 4 is 44.9 Å². The second kappa shape index (κ2) is 14.3. The smallest absolute Gasteiger partial charge is 0.271 e. The molecule has 1 amide bonds. The highest BCUT2D eigenvalue weighted by Crippen LogP contribution is 2.40. The number of thiazole rings is 1. The Balaban J connectivity index is 1.33. The Bertz CT molecular complexity index is 2510. The fourth-order valence-corrected chi connectivity index (χ4v) is 7.95. The molecule has 8 nitrogen and oxygen atoms in total. The fraction of sp³-hybridized carbons (Fsp3) is 0.214. The van der Waals surface area contributed by atoms with Gasteiger partial charge in [-0.05, 0) is 77.7 Å². The Morgan fingerprint density at radius 1 is 0.843 bits per heavy atom. The minimum absolute atomic E-state index is 0.153. The Morgan fingerprint density at radius 2 is 1.51 bits per heavy atom. The van der Waals surface area contributed by atoms with Gasteiger partial charge in [-0.2, -0.15) is 0 Å². The van der Waals surface area contributed by atoms with Gasteiger partial charge in [0.2, 0.25) is 0 Å². The molecule has 7 rings (SSSR count). The van der Waals surface area contributed by atoms with Crippen LogP contribution in [-0.2, 0) is 11.4 Å². The van der Waals surface area contributed by atoms with Crippen molar-refractivity contribution in [3.63, 3.8) is 0 Å². The summed E-state index contributed by atoms with van der Waals surface area (Å²) in [5.74, 6) is 1.59. The van der Waals surface area contributed by atoms with Gasteiger partial charge in [0.1, 0.15) is 18.4 Å². The normalized spacial score (nSPS) is 14.4. The van der Waals surface area contributed by atoms with E-state index in [1.807, 2.05) is 99.6 Å². The molecule has 0 spiro atoms. The number of hydrogen-bond donors (Lipinski definition) is 0. The summed E-state index contributed by atoms with van der Waals surface area (Å²) < 4.78 is 20.1. The van der Waals surface area contributed by atoms with Crippen LogP contribution < -0.4 is 29.1 Å². The van der Waals surface area contributed by atoms with Gasteiger partial charge in [0.05, 0.1) is 30.0 Å². The highest BCUT2D eigenvalue weighted by Gasteiger charge is 2.36. The number of benzene rings is 5. The average molecular weight is 698 g/mol. The molecule has 51 heavy (non-hydrogen) atoms. The fourth-order valence-electron chi connectivity index (χ4n) is 6.90. The van der Waals surface area contributed by atoms with Crippen LogP contribution >= 0.6 is 11.3 Å². The van der Waals surface area contributed by atoms with Crippen molar-refractivity contribution in [3.8, 4) is 17.2 Å². The molecule has 0 radical (unpaired) electrons. The third-order valence-corrected chi connectivity index (χ3v) is 10.5. The van der Waals surface area contributed by atoms with Gasteiger partial charge in [0.25, 0.3) is 11.5 Å². The molecule has 2 heterocycles. The van der Waals surface area contributed by atoms with Crippen molar-refractivity contribution in [1.29, 1.82) is 0 Å². The SMILES string of the molecule is CCN(CC)C(=O)C1=C(C)N=c2s/c(=C/c3ccc(OCc4cccc5ccccc45)c(OC)c3)c(=O)n2[C@H]1c1c(OC)ccc2ccccc12. The predicted molar refractivity (Wildman–Crippen MR) is 203 cm³/mol. The van der Waals surface area contributed by atoms with E-state index in [0.29, 0.717) is 57.5 Å². The zero-order chi connectivity index (χ0) is 35.6. The number of ether oxygens (including phenoxy) is 3. The molecule has 0 fully saturated rings. The van der Waals surface area contributed by atoms with E-state index in [0.717, 1.165) is 38.2 Å². The molecule has 0 bridgehead atoms. The lowest BCUT2D eigenvalue weighted by Crippen LogP contribution is -2.43. The third kappa shape index (κ3) is 6.18. The molecule has 0 unspecified atom stereocenters. The highest BCUT2D eigenvalue weighted by molar-refractivity contribution is 7.07. The topological polar surface area (TPSA) is 82.4 Å². The zero-order valence-corrected chi connectivity index (χ0v) is 30.1. The minimum atomic E-state index is -0.753. The Hall–Kier alpha value is -5.67. The van der Waals surface area contributed by atoms with E-state index in [9.17, 15) is 9.59 Å². The van der Waals surface area contributed by atoms with Gasteiger partial charge in [-0.1, -0.05) is 90.2 Å². The Morgan fingerprint density at radius 3 is 2.24 bits per heavy atom. The van der Waals surface area contributed by atoms with Crippen LogP contribution in [-0.4, -0.2) is 42.7 Å². The van der Waals surface area contributed by atoms with Gasteiger partial charge in [-0.15, -0.1) is 0 Å². The first kappa shape index (κ1) is 33.8. The van der Waals surface area contributed by atoms with Crippen molar-refractivity contribution in [2.75, 3.05) is 27.3 Å². The summed E-state index contributed by atoms with van der Waals surface area (Å²) >= 11 is 1.29. The maximum Gasteiger partial charge on any atom is 0.271 e. The number of hydrogen-bond acceptors (Lipinski definition) is 7. The molecule has 1 atom stereocenters. The quantitative estimate of drug-likeness (QED) is 0.154. The Labute approximate surface area is 300 Å². The molecule has 1 aromatic heterocycles. The van der Waals surface area contributed by atoms with E-state index in [1.165, 1.54) is 11.3 Å².